The quantitative estimate of drug-likeness (QED) is 0.866. The first kappa shape index (κ1) is 13.5. The molecule has 3 N–H and O–H groups in total. The fraction of sp³-hybridized carbons (Fsp3) is 0.400. The second-order valence-electron chi connectivity index (χ2n) is 4.70. The molecule has 0 aliphatic carbocycles. The Hall–Kier alpha value is -1.97. The number of hydrogen-bond donors (Lipinski definition) is 2. The van der Waals surface area contributed by atoms with Crippen LogP contribution >= 0.6 is 0 Å². The lowest BCUT2D eigenvalue weighted by Crippen LogP contribution is -2.13. The largest absolute Gasteiger partial charge is 0.394 e. The molecule has 0 amide bonds. The molecule has 4 nitrogen and oxygen atoms in total. The van der Waals surface area contributed by atoms with Gasteiger partial charge in [0.25, 0.3) is 0 Å². The Morgan fingerprint density at radius 3 is 2.47 bits per heavy atom. The number of benzene rings is 1. The Balaban J connectivity index is 2.26. The fourth-order valence-electron chi connectivity index (χ4n) is 2.30. The number of nitrogen functional groups attached to an aromatic ring is 1. The van der Waals surface area contributed by atoms with E-state index >= 15 is 0 Å². The summed E-state index contributed by atoms with van der Waals surface area (Å²) in [5.74, 6) is 0.910. The molecule has 2 rings (SSSR count). The summed E-state index contributed by atoms with van der Waals surface area (Å²) >= 11 is 0. The molecular formula is C15H22N4. The summed E-state index contributed by atoms with van der Waals surface area (Å²) in [6.07, 6.45) is 1.85. The lowest BCUT2D eigenvalue weighted by molar-refractivity contribution is 0.703. The van der Waals surface area contributed by atoms with Gasteiger partial charge in [-0.25, -0.2) is 0 Å². The second-order valence-corrected chi connectivity index (χ2v) is 4.70. The van der Waals surface area contributed by atoms with Crippen LogP contribution in [0.5, 0.6) is 0 Å². The van der Waals surface area contributed by atoms with E-state index in [9.17, 15) is 0 Å². The summed E-state index contributed by atoms with van der Waals surface area (Å²) in [6.45, 7) is 4.23. The Morgan fingerprint density at radius 1 is 1.26 bits per heavy atom. The zero-order chi connectivity index (χ0) is 13.8. The van der Waals surface area contributed by atoms with Crippen LogP contribution in [0.25, 0.3) is 0 Å². The Bertz CT molecular complexity index is 531. The lowest BCUT2D eigenvalue weighted by Gasteiger charge is -2.19. The van der Waals surface area contributed by atoms with Gasteiger partial charge < -0.3 is 11.1 Å². The minimum absolute atomic E-state index is 0.253. The van der Waals surface area contributed by atoms with Crippen molar-refractivity contribution in [1.29, 1.82) is 0 Å². The highest BCUT2D eigenvalue weighted by molar-refractivity contribution is 5.65. The van der Waals surface area contributed by atoms with Crippen molar-refractivity contribution in [3.05, 3.63) is 41.6 Å². The number of anilines is 2. The van der Waals surface area contributed by atoms with Crippen molar-refractivity contribution >= 4 is 11.5 Å². The highest BCUT2D eigenvalue weighted by atomic mass is 15.3. The predicted octanol–water partition coefficient (Wildman–Crippen LogP) is 3.13. The first-order valence-corrected chi connectivity index (χ1v) is 6.80. The molecule has 1 unspecified atom stereocenters. The summed E-state index contributed by atoms with van der Waals surface area (Å²) < 4.78 is 1.83. The summed E-state index contributed by atoms with van der Waals surface area (Å²) in [7, 11) is 1.93. The minimum atomic E-state index is 0.253. The van der Waals surface area contributed by atoms with Gasteiger partial charge in [0.1, 0.15) is 5.82 Å². The maximum absolute atomic E-state index is 6.15. The molecule has 2 aromatic rings. The molecule has 0 bridgehead atoms. The summed E-state index contributed by atoms with van der Waals surface area (Å²) in [6, 6.07) is 10.7. The van der Waals surface area contributed by atoms with Crippen LogP contribution in [0.1, 0.15) is 37.6 Å². The summed E-state index contributed by atoms with van der Waals surface area (Å²) in [5.41, 5.74) is 9.13. The second kappa shape index (κ2) is 5.78. The van der Waals surface area contributed by atoms with E-state index in [1.807, 2.05) is 17.8 Å². The normalized spacial score (nSPS) is 12.4. The molecule has 0 saturated carbocycles. The van der Waals surface area contributed by atoms with E-state index in [1.54, 1.807) is 0 Å². The molecule has 4 heteroatoms. The first-order chi connectivity index (χ1) is 9.17. The molecule has 19 heavy (non-hydrogen) atoms. The SMILES string of the molecule is CCc1nn(C)c(NC(CC)c2ccccc2)c1N. The third kappa shape index (κ3) is 2.72. The molecule has 0 fully saturated rings. The van der Waals surface area contributed by atoms with Crippen molar-refractivity contribution in [3.8, 4) is 0 Å². The number of nitrogens with two attached hydrogens (primary N) is 1. The van der Waals surface area contributed by atoms with Crippen molar-refractivity contribution in [3.63, 3.8) is 0 Å². The zero-order valence-electron chi connectivity index (χ0n) is 11.9. The van der Waals surface area contributed by atoms with E-state index in [-0.39, 0.29) is 6.04 Å². The summed E-state index contributed by atoms with van der Waals surface area (Å²) in [5, 5.41) is 7.95. The van der Waals surface area contributed by atoms with Crippen molar-refractivity contribution in [2.24, 2.45) is 7.05 Å². The molecule has 102 valence electrons. The van der Waals surface area contributed by atoms with Crippen LogP contribution in [0.15, 0.2) is 30.3 Å². The number of nitrogens with one attached hydrogen (secondary N) is 1. The van der Waals surface area contributed by atoms with Gasteiger partial charge in [-0.05, 0) is 18.4 Å². The molecule has 1 aromatic heterocycles. The Labute approximate surface area is 114 Å². The molecule has 1 aromatic carbocycles. The number of hydrogen-bond acceptors (Lipinski definition) is 3. The van der Waals surface area contributed by atoms with E-state index in [0.29, 0.717) is 0 Å². The molecular weight excluding hydrogens is 236 g/mol. The molecule has 0 aliphatic heterocycles. The number of aryl methyl sites for hydroxylation is 2. The average molecular weight is 258 g/mol. The van der Waals surface area contributed by atoms with Gasteiger partial charge in [-0.3, -0.25) is 4.68 Å². The standard InChI is InChI=1S/C15H22N4/c1-4-12(11-9-7-6-8-10-11)17-15-14(16)13(5-2)18-19(15)3/h6-10,12,17H,4-5,16H2,1-3H3. The monoisotopic (exact) mass is 258 g/mol. The molecule has 0 aliphatic rings. The number of aromatic nitrogens is 2. The van der Waals surface area contributed by atoms with E-state index in [4.69, 9.17) is 5.73 Å². The van der Waals surface area contributed by atoms with Gasteiger partial charge in [0.15, 0.2) is 0 Å². The minimum Gasteiger partial charge on any atom is -0.394 e. The van der Waals surface area contributed by atoms with Gasteiger partial charge in [0.05, 0.1) is 17.4 Å². The smallest absolute Gasteiger partial charge is 0.148 e. The van der Waals surface area contributed by atoms with Crippen LogP contribution in [0.4, 0.5) is 11.5 Å². The van der Waals surface area contributed by atoms with Crippen molar-refractivity contribution in [1.82, 2.24) is 9.78 Å². The van der Waals surface area contributed by atoms with E-state index < -0.39 is 0 Å². The fourth-order valence-corrected chi connectivity index (χ4v) is 2.30. The maximum Gasteiger partial charge on any atom is 0.148 e. The topological polar surface area (TPSA) is 55.9 Å². The molecule has 1 heterocycles. The zero-order valence-corrected chi connectivity index (χ0v) is 11.9. The molecule has 0 radical (unpaired) electrons. The van der Waals surface area contributed by atoms with Crippen LogP contribution in [0.3, 0.4) is 0 Å². The van der Waals surface area contributed by atoms with Gasteiger partial charge in [-0.1, -0.05) is 44.2 Å². The van der Waals surface area contributed by atoms with Crippen LogP contribution < -0.4 is 11.1 Å². The van der Waals surface area contributed by atoms with Crippen LogP contribution in [0, 0.1) is 0 Å². The average Bonchev–Trinajstić information content (AvgIpc) is 2.72. The highest BCUT2D eigenvalue weighted by Crippen LogP contribution is 2.28. The summed E-state index contributed by atoms with van der Waals surface area (Å²) in [4.78, 5) is 0. The van der Waals surface area contributed by atoms with Crippen LogP contribution in [-0.2, 0) is 13.5 Å². The predicted molar refractivity (Wildman–Crippen MR) is 80.1 cm³/mol. The Morgan fingerprint density at radius 2 is 1.95 bits per heavy atom. The number of nitrogens with zero attached hydrogens (tertiary/aromatic N) is 2. The van der Waals surface area contributed by atoms with Crippen molar-refractivity contribution in [2.45, 2.75) is 32.7 Å². The van der Waals surface area contributed by atoms with Crippen LogP contribution in [-0.4, -0.2) is 9.78 Å². The molecule has 1 atom stereocenters. The number of rotatable bonds is 5. The third-order valence-corrected chi connectivity index (χ3v) is 3.42. The van der Waals surface area contributed by atoms with Gasteiger partial charge in [0, 0.05) is 7.05 Å². The van der Waals surface area contributed by atoms with E-state index in [2.05, 4.69) is 48.5 Å². The van der Waals surface area contributed by atoms with Crippen molar-refractivity contribution < 1.29 is 0 Å². The maximum atomic E-state index is 6.15. The lowest BCUT2D eigenvalue weighted by atomic mass is 10.0. The molecule has 0 spiro atoms. The van der Waals surface area contributed by atoms with Crippen LogP contribution in [0.2, 0.25) is 0 Å². The molecule has 0 saturated heterocycles. The van der Waals surface area contributed by atoms with Gasteiger partial charge in [-0.2, -0.15) is 5.10 Å². The van der Waals surface area contributed by atoms with Gasteiger partial charge in [0.2, 0.25) is 0 Å². The Kier molecular flexibility index (Phi) is 4.10. The van der Waals surface area contributed by atoms with Crippen molar-refractivity contribution in [2.75, 3.05) is 11.1 Å². The third-order valence-electron chi connectivity index (χ3n) is 3.42. The van der Waals surface area contributed by atoms with Gasteiger partial charge >= 0.3 is 0 Å². The van der Waals surface area contributed by atoms with E-state index in [1.165, 1.54) is 5.56 Å². The first-order valence-electron chi connectivity index (χ1n) is 6.80. The van der Waals surface area contributed by atoms with Gasteiger partial charge in [-0.15, -0.1) is 0 Å². The van der Waals surface area contributed by atoms with E-state index in [0.717, 1.165) is 30.0 Å². The highest BCUT2D eigenvalue weighted by Gasteiger charge is 2.16.